The van der Waals surface area contributed by atoms with E-state index in [1.54, 1.807) is 0 Å². The summed E-state index contributed by atoms with van der Waals surface area (Å²) in [5.74, 6) is 1.66. The first-order valence-electron chi connectivity index (χ1n) is 6.84. The van der Waals surface area contributed by atoms with Crippen LogP contribution >= 0.6 is 12.2 Å². The maximum Gasteiger partial charge on any atom is 0.120 e. The lowest BCUT2D eigenvalue weighted by Crippen LogP contribution is -2.23. The van der Waals surface area contributed by atoms with Crippen LogP contribution in [0.4, 0.5) is 0 Å². The molecule has 0 fully saturated rings. The number of hydrogen-bond acceptors (Lipinski definition) is 3. The molecule has 2 aromatic rings. The molecule has 1 atom stereocenters. The molecule has 0 aliphatic carbocycles. The van der Waals surface area contributed by atoms with Gasteiger partial charge in [-0.25, -0.2) is 0 Å². The minimum absolute atomic E-state index is 0.0639. The summed E-state index contributed by atoms with van der Waals surface area (Å²) < 4.78 is 11.3. The number of ether oxygens (including phenoxy) is 2. The van der Waals surface area contributed by atoms with Crippen molar-refractivity contribution in [2.24, 2.45) is 11.7 Å². The van der Waals surface area contributed by atoms with Crippen LogP contribution in [0.25, 0.3) is 0 Å². The van der Waals surface area contributed by atoms with Gasteiger partial charge >= 0.3 is 0 Å². The normalized spacial score (nSPS) is 11.7. The number of nitrogens with two attached hydrogens (primary N) is 1. The minimum atomic E-state index is 0.0639. The van der Waals surface area contributed by atoms with Crippen LogP contribution in [-0.4, -0.2) is 11.6 Å². The van der Waals surface area contributed by atoms with Gasteiger partial charge in [-0.1, -0.05) is 49.5 Å². The molecule has 2 aromatic carbocycles. The van der Waals surface area contributed by atoms with Crippen LogP contribution in [-0.2, 0) is 6.61 Å². The van der Waals surface area contributed by atoms with Crippen LogP contribution < -0.4 is 15.2 Å². The van der Waals surface area contributed by atoms with Crippen molar-refractivity contribution in [2.45, 2.75) is 13.5 Å². The molecule has 0 saturated carbocycles. The van der Waals surface area contributed by atoms with Crippen LogP contribution in [0.15, 0.2) is 54.6 Å². The van der Waals surface area contributed by atoms with Gasteiger partial charge in [-0.05, 0) is 29.8 Å². The molecular formula is C17H19NO2S. The van der Waals surface area contributed by atoms with Crippen LogP contribution in [0, 0.1) is 5.92 Å². The zero-order chi connectivity index (χ0) is 15.1. The number of thiocarbonyl (C=S) groups is 1. The van der Waals surface area contributed by atoms with Gasteiger partial charge < -0.3 is 15.2 Å². The topological polar surface area (TPSA) is 44.5 Å². The van der Waals surface area contributed by atoms with Crippen molar-refractivity contribution in [2.75, 3.05) is 6.61 Å². The van der Waals surface area contributed by atoms with Crippen LogP contribution in [0.1, 0.15) is 12.5 Å². The lowest BCUT2D eigenvalue weighted by Gasteiger charge is -2.12. The van der Waals surface area contributed by atoms with Crippen LogP contribution in [0.3, 0.4) is 0 Å². The van der Waals surface area contributed by atoms with Gasteiger partial charge in [-0.15, -0.1) is 0 Å². The van der Waals surface area contributed by atoms with Gasteiger partial charge in [-0.2, -0.15) is 0 Å². The smallest absolute Gasteiger partial charge is 0.120 e. The summed E-state index contributed by atoms with van der Waals surface area (Å²) in [6.07, 6.45) is 0. The molecule has 110 valence electrons. The van der Waals surface area contributed by atoms with Gasteiger partial charge in [0.25, 0.3) is 0 Å². The Balaban J connectivity index is 1.83. The summed E-state index contributed by atoms with van der Waals surface area (Å²) >= 11 is 4.91. The Bertz CT molecular complexity index is 569. The maximum atomic E-state index is 5.71. The lowest BCUT2D eigenvalue weighted by molar-refractivity contribution is 0.289. The monoisotopic (exact) mass is 301 g/mol. The van der Waals surface area contributed by atoms with E-state index in [0.29, 0.717) is 18.2 Å². The van der Waals surface area contributed by atoms with E-state index in [1.807, 2.05) is 61.5 Å². The fourth-order valence-electron chi connectivity index (χ4n) is 1.68. The number of benzene rings is 2. The van der Waals surface area contributed by atoms with Crippen molar-refractivity contribution < 1.29 is 9.47 Å². The number of hydrogen-bond donors (Lipinski definition) is 1. The van der Waals surface area contributed by atoms with Crippen molar-refractivity contribution in [3.63, 3.8) is 0 Å². The molecule has 0 saturated heterocycles. The summed E-state index contributed by atoms with van der Waals surface area (Å²) in [5.41, 5.74) is 6.69. The lowest BCUT2D eigenvalue weighted by atomic mass is 10.2. The largest absolute Gasteiger partial charge is 0.493 e. The first-order chi connectivity index (χ1) is 10.1. The second-order valence-corrected chi connectivity index (χ2v) is 5.33. The molecule has 0 bridgehead atoms. The van der Waals surface area contributed by atoms with Gasteiger partial charge in [0.1, 0.15) is 18.1 Å². The first-order valence-corrected chi connectivity index (χ1v) is 7.25. The Morgan fingerprint density at radius 3 is 2.14 bits per heavy atom. The van der Waals surface area contributed by atoms with E-state index in [1.165, 1.54) is 0 Å². The highest BCUT2D eigenvalue weighted by Gasteiger charge is 2.06. The minimum Gasteiger partial charge on any atom is -0.493 e. The number of rotatable bonds is 7. The van der Waals surface area contributed by atoms with Crippen molar-refractivity contribution in [3.05, 3.63) is 60.2 Å². The molecule has 3 nitrogen and oxygen atoms in total. The zero-order valence-electron chi connectivity index (χ0n) is 12.0. The Hall–Kier alpha value is -2.07. The highest BCUT2D eigenvalue weighted by molar-refractivity contribution is 7.80. The van der Waals surface area contributed by atoms with Crippen molar-refractivity contribution >= 4 is 17.2 Å². The summed E-state index contributed by atoms with van der Waals surface area (Å²) in [5, 5.41) is 0. The molecule has 0 aliphatic heterocycles. The Labute approximate surface area is 130 Å². The Morgan fingerprint density at radius 1 is 1.00 bits per heavy atom. The maximum absolute atomic E-state index is 5.71. The van der Waals surface area contributed by atoms with E-state index in [4.69, 9.17) is 27.4 Å². The third-order valence-corrected chi connectivity index (χ3v) is 3.46. The van der Waals surface area contributed by atoms with Gasteiger partial charge in [0.05, 0.1) is 11.6 Å². The fraction of sp³-hybridized carbons (Fsp3) is 0.235. The van der Waals surface area contributed by atoms with Crippen molar-refractivity contribution in [1.29, 1.82) is 0 Å². The standard InChI is InChI=1S/C17H19NO2S/c1-13(17(18)21)11-19-15-7-9-16(10-8-15)20-12-14-5-3-2-4-6-14/h2-10,13H,11-12H2,1H3,(H2,18,21). The van der Waals surface area contributed by atoms with E-state index in [-0.39, 0.29) is 5.92 Å². The molecule has 21 heavy (non-hydrogen) atoms. The average molecular weight is 301 g/mol. The summed E-state index contributed by atoms with van der Waals surface area (Å²) in [7, 11) is 0. The SMILES string of the molecule is CC(COc1ccc(OCc2ccccc2)cc1)C(N)=S. The quantitative estimate of drug-likeness (QED) is 0.794. The summed E-state index contributed by atoms with van der Waals surface area (Å²) in [6.45, 7) is 2.98. The van der Waals surface area contributed by atoms with Crippen LogP contribution in [0.5, 0.6) is 11.5 Å². The molecule has 2 N–H and O–H groups in total. The summed E-state index contributed by atoms with van der Waals surface area (Å²) in [6, 6.07) is 17.6. The van der Waals surface area contributed by atoms with E-state index < -0.39 is 0 Å². The van der Waals surface area contributed by atoms with E-state index in [0.717, 1.165) is 17.1 Å². The van der Waals surface area contributed by atoms with E-state index in [2.05, 4.69) is 0 Å². The highest BCUT2D eigenvalue weighted by Crippen LogP contribution is 2.19. The zero-order valence-corrected chi connectivity index (χ0v) is 12.8. The van der Waals surface area contributed by atoms with Gasteiger partial charge in [0.2, 0.25) is 0 Å². The van der Waals surface area contributed by atoms with Crippen molar-refractivity contribution in [1.82, 2.24) is 0 Å². The summed E-state index contributed by atoms with van der Waals surface area (Å²) in [4.78, 5) is 0.470. The second-order valence-electron chi connectivity index (χ2n) is 4.86. The van der Waals surface area contributed by atoms with Crippen LogP contribution in [0.2, 0.25) is 0 Å². The predicted molar refractivity (Wildman–Crippen MR) is 88.7 cm³/mol. The Kier molecular flexibility index (Phi) is 5.58. The molecular weight excluding hydrogens is 282 g/mol. The average Bonchev–Trinajstić information content (AvgIpc) is 2.52. The Morgan fingerprint density at radius 2 is 1.57 bits per heavy atom. The van der Waals surface area contributed by atoms with Gasteiger partial charge in [-0.3, -0.25) is 0 Å². The van der Waals surface area contributed by atoms with E-state index >= 15 is 0 Å². The molecule has 2 rings (SSSR count). The predicted octanol–water partition coefficient (Wildman–Crippen LogP) is 3.57. The molecule has 0 heterocycles. The van der Waals surface area contributed by atoms with Gasteiger partial charge in [0.15, 0.2) is 0 Å². The third-order valence-electron chi connectivity index (χ3n) is 3.06. The molecule has 0 amide bonds. The van der Waals surface area contributed by atoms with Crippen molar-refractivity contribution in [3.8, 4) is 11.5 Å². The molecule has 4 heteroatoms. The molecule has 0 aromatic heterocycles. The molecule has 0 radical (unpaired) electrons. The third kappa shape index (κ3) is 5.08. The molecule has 1 unspecified atom stereocenters. The molecule has 0 aliphatic rings. The highest BCUT2D eigenvalue weighted by atomic mass is 32.1. The molecule has 0 spiro atoms. The fourth-order valence-corrected chi connectivity index (χ4v) is 1.74. The van der Waals surface area contributed by atoms with E-state index in [9.17, 15) is 0 Å². The first kappa shape index (κ1) is 15.3. The second kappa shape index (κ2) is 7.64. The van der Waals surface area contributed by atoms with Gasteiger partial charge in [0, 0.05) is 5.92 Å².